The van der Waals surface area contributed by atoms with E-state index in [2.05, 4.69) is 31.5 Å². The number of nitrogens with one attached hydrogen (secondary N) is 1. The summed E-state index contributed by atoms with van der Waals surface area (Å²) in [6, 6.07) is 2.28. The van der Waals surface area contributed by atoms with Crippen molar-refractivity contribution < 1.29 is 0 Å². The number of aryl methyl sites for hydroxylation is 1. The van der Waals surface area contributed by atoms with E-state index in [-0.39, 0.29) is 0 Å². The molecule has 4 nitrogen and oxygen atoms in total. The van der Waals surface area contributed by atoms with E-state index in [9.17, 15) is 0 Å². The van der Waals surface area contributed by atoms with Gasteiger partial charge >= 0.3 is 0 Å². The normalized spacial score (nSPS) is 22.6. The van der Waals surface area contributed by atoms with E-state index in [1.165, 1.54) is 30.7 Å². The first-order chi connectivity index (χ1) is 8.93. The van der Waals surface area contributed by atoms with Gasteiger partial charge in [-0.2, -0.15) is 0 Å². The van der Waals surface area contributed by atoms with E-state index < -0.39 is 0 Å². The molecule has 1 unspecified atom stereocenters. The first kappa shape index (κ1) is 10.7. The van der Waals surface area contributed by atoms with Crippen LogP contribution in [0, 0.1) is 0 Å². The van der Waals surface area contributed by atoms with Gasteiger partial charge < -0.3 is 9.88 Å². The van der Waals surface area contributed by atoms with Crippen molar-refractivity contribution in [3.63, 3.8) is 0 Å². The summed E-state index contributed by atoms with van der Waals surface area (Å²) in [5.74, 6) is 2.75. The van der Waals surface area contributed by atoms with Crippen LogP contribution in [0.2, 0.25) is 0 Å². The highest BCUT2D eigenvalue weighted by Crippen LogP contribution is 2.38. The van der Waals surface area contributed by atoms with Gasteiger partial charge in [0.25, 0.3) is 0 Å². The van der Waals surface area contributed by atoms with Crippen LogP contribution in [-0.2, 0) is 19.5 Å². The maximum absolute atomic E-state index is 4.48. The van der Waals surface area contributed by atoms with E-state index in [1.54, 1.807) is 4.88 Å². The Bertz CT molecular complexity index is 571. The van der Waals surface area contributed by atoms with Crippen molar-refractivity contribution in [3.05, 3.63) is 33.5 Å². The highest BCUT2D eigenvalue weighted by molar-refractivity contribution is 7.10. The summed E-state index contributed by atoms with van der Waals surface area (Å²) >= 11 is 1.89. The van der Waals surface area contributed by atoms with Crippen LogP contribution in [0.3, 0.4) is 0 Å². The predicted octanol–water partition coefficient (Wildman–Crippen LogP) is 1.91. The van der Waals surface area contributed by atoms with Gasteiger partial charge in [0.2, 0.25) is 0 Å². The third-order valence-corrected chi connectivity index (χ3v) is 5.01. The lowest BCUT2D eigenvalue weighted by Crippen LogP contribution is -2.30. The summed E-state index contributed by atoms with van der Waals surface area (Å²) in [5.41, 5.74) is 1.50. The van der Waals surface area contributed by atoms with Crippen molar-refractivity contribution in [2.24, 2.45) is 0 Å². The van der Waals surface area contributed by atoms with E-state index in [1.807, 2.05) is 11.3 Å². The van der Waals surface area contributed by atoms with Gasteiger partial charge in [-0.1, -0.05) is 0 Å². The fourth-order valence-electron chi connectivity index (χ4n) is 3.13. The third kappa shape index (κ3) is 1.54. The molecule has 0 aromatic carbocycles. The second kappa shape index (κ2) is 4.17. The van der Waals surface area contributed by atoms with Gasteiger partial charge in [-0.25, -0.2) is 0 Å². The molecule has 0 fully saturated rings. The number of hydrogen-bond donors (Lipinski definition) is 1. The number of rotatable bonds is 1. The molecule has 0 saturated heterocycles. The highest BCUT2D eigenvalue weighted by Gasteiger charge is 2.28. The summed E-state index contributed by atoms with van der Waals surface area (Å²) in [7, 11) is 0. The lowest BCUT2D eigenvalue weighted by molar-refractivity contribution is 0.475. The van der Waals surface area contributed by atoms with Gasteiger partial charge in [-0.05, 0) is 36.3 Å². The number of fused-ring (bicyclic) bond motifs is 2. The Morgan fingerprint density at radius 2 is 2.39 bits per heavy atom. The van der Waals surface area contributed by atoms with Crippen LogP contribution >= 0.6 is 11.3 Å². The second-order valence-electron chi connectivity index (χ2n) is 5.05. The summed E-state index contributed by atoms with van der Waals surface area (Å²) in [6.07, 6.45) is 3.74. The zero-order valence-electron chi connectivity index (χ0n) is 10.2. The maximum atomic E-state index is 4.48. The fourth-order valence-corrected chi connectivity index (χ4v) is 4.11. The van der Waals surface area contributed by atoms with E-state index >= 15 is 0 Å². The molecule has 3 heterocycles. The van der Waals surface area contributed by atoms with Crippen molar-refractivity contribution in [2.45, 2.75) is 38.3 Å². The molecule has 0 radical (unpaired) electrons. The summed E-state index contributed by atoms with van der Waals surface area (Å²) < 4.78 is 2.33. The Hall–Kier alpha value is -1.20. The average Bonchev–Trinajstić information content (AvgIpc) is 3.05. The minimum Gasteiger partial charge on any atom is -0.312 e. The summed E-state index contributed by atoms with van der Waals surface area (Å²) in [6.45, 7) is 2.89. The smallest absolute Gasteiger partial charge is 0.147 e. The maximum Gasteiger partial charge on any atom is 0.147 e. The lowest BCUT2D eigenvalue weighted by atomic mass is 9.87. The van der Waals surface area contributed by atoms with E-state index in [0.717, 1.165) is 25.5 Å². The molecule has 2 aliphatic rings. The fraction of sp³-hybridized carbons (Fsp3) is 0.538. The van der Waals surface area contributed by atoms with Crippen molar-refractivity contribution in [2.75, 3.05) is 6.54 Å². The quantitative estimate of drug-likeness (QED) is 0.851. The van der Waals surface area contributed by atoms with Gasteiger partial charge in [0.15, 0.2) is 0 Å². The molecule has 4 rings (SSSR count). The van der Waals surface area contributed by atoms with Crippen molar-refractivity contribution in [3.8, 4) is 0 Å². The minimum absolute atomic E-state index is 0.472. The molecular weight excluding hydrogens is 244 g/mol. The molecule has 1 atom stereocenters. The van der Waals surface area contributed by atoms with Crippen molar-refractivity contribution >= 4 is 11.3 Å². The number of hydrogen-bond acceptors (Lipinski definition) is 4. The lowest BCUT2D eigenvalue weighted by Gasteiger charge is -2.24. The molecule has 2 aromatic rings. The Morgan fingerprint density at radius 3 is 3.39 bits per heavy atom. The average molecular weight is 260 g/mol. The zero-order valence-corrected chi connectivity index (χ0v) is 11.0. The first-order valence-electron chi connectivity index (χ1n) is 6.62. The minimum atomic E-state index is 0.472. The number of thiophene rings is 1. The molecule has 94 valence electrons. The number of aromatic nitrogens is 3. The molecule has 18 heavy (non-hydrogen) atoms. The second-order valence-corrected chi connectivity index (χ2v) is 6.05. The molecule has 5 heteroatoms. The van der Waals surface area contributed by atoms with Gasteiger partial charge in [0, 0.05) is 23.9 Å². The Balaban J connectivity index is 1.79. The van der Waals surface area contributed by atoms with Crippen LogP contribution in [0.25, 0.3) is 0 Å². The largest absolute Gasteiger partial charge is 0.312 e. The van der Waals surface area contributed by atoms with Crippen LogP contribution in [0.1, 0.15) is 40.8 Å². The third-order valence-electron chi connectivity index (χ3n) is 4.01. The van der Waals surface area contributed by atoms with Gasteiger partial charge in [-0.15, -0.1) is 21.5 Å². The van der Waals surface area contributed by atoms with Crippen molar-refractivity contribution in [1.82, 2.24) is 20.1 Å². The van der Waals surface area contributed by atoms with Crippen LogP contribution in [0.4, 0.5) is 0 Å². The van der Waals surface area contributed by atoms with Crippen molar-refractivity contribution in [1.29, 1.82) is 0 Å². The summed E-state index contributed by atoms with van der Waals surface area (Å²) in [5, 5.41) is 14.4. The van der Waals surface area contributed by atoms with Crippen LogP contribution in [0.5, 0.6) is 0 Å². The van der Waals surface area contributed by atoms with Crippen LogP contribution < -0.4 is 5.32 Å². The summed E-state index contributed by atoms with van der Waals surface area (Å²) in [4.78, 5) is 1.55. The number of nitrogens with zero attached hydrogens (tertiary/aromatic N) is 3. The molecular formula is C13H16N4S. The van der Waals surface area contributed by atoms with Gasteiger partial charge in [0.1, 0.15) is 11.6 Å². The van der Waals surface area contributed by atoms with Gasteiger partial charge in [-0.3, -0.25) is 0 Å². The first-order valence-corrected chi connectivity index (χ1v) is 7.50. The molecule has 0 spiro atoms. The predicted molar refractivity (Wildman–Crippen MR) is 70.8 cm³/mol. The molecule has 0 amide bonds. The van der Waals surface area contributed by atoms with E-state index in [0.29, 0.717) is 5.92 Å². The molecule has 0 bridgehead atoms. The Kier molecular flexibility index (Phi) is 2.48. The van der Waals surface area contributed by atoms with Crippen LogP contribution in [0.15, 0.2) is 11.4 Å². The zero-order chi connectivity index (χ0) is 11.9. The highest BCUT2D eigenvalue weighted by atomic mass is 32.1. The molecule has 0 saturated carbocycles. The SMILES string of the molecule is c1cc2c(s1)CCCC2c1nnc2n1CCNC2. The topological polar surface area (TPSA) is 42.7 Å². The standard InChI is InChI=1S/C13H16N4S/c1-2-10(9-4-7-18-11(9)3-1)13-16-15-12-8-14-5-6-17(12)13/h4,7,10,14H,1-3,5-6,8H2. The Morgan fingerprint density at radius 1 is 1.39 bits per heavy atom. The molecule has 1 N–H and O–H groups in total. The monoisotopic (exact) mass is 260 g/mol. The molecule has 1 aliphatic heterocycles. The molecule has 1 aliphatic carbocycles. The van der Waals surface area contributed by atoms with Crippen LogP contribution in [-0.4, -0.2) is 21.3 Å². The van der Waals surface area contributed by atoms with Gasteiger partial charge in [0.05, 0.1) is 6.54 Å². The Labute approximate surface area is 110 Å². The molecule has 2 aromatic heterocycles. The van der Waals surface area contributed by atoms with E-state index in [4.69, 9.17) is 0 Å².